The lowest BCUT2D eigenvalue weighted by molar-refractivity contribution is -0.131. The van der Waals surface area contributed by atoms with Gasteiger partial charge >= 0.3 is 0 Å². The first kappa shape index (κ1) is 21.0. The fraction of sp³-hybridized carbons (Fsp3) is 0.370. The van der Waals surface area contributed by atoms with Crippen LogP contribution in [-0.2, 0) is 16.0 Å². The number of aromatic amines is 1. The van der Waals surface area contributed by atoms with Gasteiger partial charge in [-0.15, -0.1) is 0 Å². The summed E-state index contributed by atoms with van der Waals surface area (Å²) < 4.78 is 0. The van der Waals surface area contributed by atoms with Crippen molar-refractivity contribution in [3.8, 4) is 0 Å². The topological polar surface area (TPSA) is 94.3 Å². The van der Waals surface area contributed by atoms with Crippen LogP contribution in [0.2, 0.25) is 0 Å². The zero-order chi connectivity index (χ0) is 23.4. The highest BCUT2D eigenvalue weighted by Crippen LogP contribution is 2.46. The number of hydrogen-bond donors (Lipinski definition) is 3. The SMILES string of the molecule is CC(NC(=O)[C@@H]1Cc2c([nH]c3ccccc23)C2c3ccccc3C(=O)N21)C(=O)NC1CCCC1. The number of para-hydroxylation sites is 1. The summed E-state index contributed by atoms with van der Waals surface area (Å²) in [5, 5.41) is 7.02. The third-order valence-corrected chi connectivity index (χ3v) is 7.61. The van der Waals surface area contributed by atoms with Crippen LogP contribution in [0.3, 0.4) is 0 Å². The third-order valence-electron chi connectivity index (χ3n) is 7.61. The van der Waals surface area contributed by atoms with E-state index in [-0.39, 0.29) is 29.8 Å². The number of amides is 3. The Morgan fingerprint density at radius 1 is 1.06 bits per heavy atom. The first-order valence-electron chi connectivity index (χ1n) is 12.1. The summed E-state index contributed by atoms with van der Waals surface area (Å²) in [4.78, 5) is 45.0. The quantitative estimate of drug-likeness (QED) is 0.563. The van der Waals surface area contributed by atoms with Crippen molar-refractivity contribution in [3.63, 3.8) is 0 Å². The Morgan fingerprint density at radius 2 is 1.79 bits per heavy atom. The van der Waals surface area contributed by atoms with Crippen molar-refractivity contribution >= 4 is 28.6 Å². The Bertz CT molecular complexity index is 1310. The molecule has 3 heterocycles. The number of nitrogens with one attached hydrogen (secondary N) is 3. The summed E-state index contributed by atoms with van der Waals surface area (Å²) in [6, 6.07) is 14.1. The second-order valence-electron chi connectivity index (χ2n) is 9.71. The molecule has 3 aromatic rings. The number of aromatic nitrogens is 1. The first-order valence-corrected chi connectivity index (χ1v) is 12.1. The van der Waals surface area contributed by atoms with Gasteiger partial charge in [-0.2, -0.15) is 0 Å². The van der Waals surface area contributed by atoms with Gasteiger partial charge in [0.15, 0.2) is 0 Å². The molecular weight excluding hydrogens is 428 g/mol. The second-order valence-corrected chi connectivity index (χ2v) is 9.71. The molecule has 3 amide bonds. The van der Waals surface area contributed by atoms with Crippen molar-refractivity contribution in [1.29, 1.82) is 0 Å². The van der Waals surface area contributed by atoms with Crippen molar-refractivity contribution in [2.45, 2.75) is 63.2 Å². The molecule has 3 aliphatic rings. The molecule has 1 aliphatic carbocycles. The van der Waals surface area contributed by atoms with Crippen LogP contribution in [0.15, 0.2) is 48.5 Å². The van der Waals surface area contributed by atoms with Crippen LogP contribution in [0.25, 0.3) is 10.9 Å². The Morgan fingerprint density at radius 3 is 2.62 bits per heavy atom. The van der Waals surface area contributed by atoms with Gasteiger partial charge in [0.2, 0.25) is 11.8 Å². The van der Waals surface area contributed by atoms with E-state index in [1.54, 1.807) is 11.8 Å². The first-order chi connectivity index (χ1) is 16.5. The Hall–Kier alpha value is -3.61. The molecule has 0 radical (unpaired) electrons. The molecule has 34 heavy (non-hydrogen) atoms. The molecule has 2 aliphatic heterocycles. The number of hydrogen-bond acceptors (Lipinski definition) is 3. The maximum absolute atomic E-state index is 13.6. The van der Waals surface area contributed by atoms with Gasteiger partial charge in [-0.05, 0) is 43.0 Å². The lowest BCUT2D eigenvalue weighted by atomic mass is 9.90. The van der Waals surface area contributed by atoms with Gasteiger partial charge in [-0.1, -0.05) is 49.2 Å². The molecule has 7 heteroatoms. The van der Waals surface area contributed by atoms with E-state index >= 15 is 0 Å². The minimum absolute atomic E-state index is 0.145. The summed E-state index contributed by atoms with van der Waals surface area (Å²) in [5.74, 6) is -0.610. The van der Waals surface area contributed by atoms with E-state index in [1.807, 2.05) is 42.5 Å². The Balaban J connectivity index is 1.34. The highest BCUT2D eigenvalue weighted by Gasteiger charge is 2.49. The van der Waals surface area contributed by atoms with Crippen molar-refractivity contribution in [2.24, 2.45) is 0 Å². The average molecular weight is 457 g/mol. The molecule has 0 saturated heterocycles. The zero-order valence-electron chi connectivity index (χ0n) is 19.1. The predicted octanol–water partition coefficient (Wildman–Crippen LogP) is 3.20. The molecular formula is C27H28N4O3. The van der Waals surface area contributed by atoms with E-state index in [9.17, 15) is 14.4 Å². The Labute approximate surface area is 197 Å². The summed E-state index contributed by atoms with van der Waals surface area (Å²) in [6.07, 6.45) is 4.62. The molecule has 0 spiro atoms. The van der Waals surface area contributed by atoms with Gasteiger partial charge in [-0.25, -0.2) is 0 Å². The lowest BCUT2D eigenvalue weighted by Gasteiger charge is -2.37. The molecule has 7 nitrogen and oxygen atoms in total. The van der Waals surface area contributed by atoms with Gasteiger partial charge in [-0.3, -0.25) is 14.4 Å². The van der Waals surface area contributed by atoms with Gasteiger partial charge < -0.3 is 20.5 Å². The third kappa shape index (κ3) is 3.22. The van der Waals surface area contributed by atoms with E-state index in [2.05, 4.69) is 21.7 Å². The predicted molar refractivity (Wildman–Crippen MR) is 128 cm³/mol. The van der Waals surface area contributed by atoms with E-state index in [4.69, 9.17) is 0 Å². The maximum Gasteiger partial charge on any atom is 0.255 e. The van der Waals surface area contributed by atoms with E-state index in [0.29, 0.717) is 12.0 Å². The van der Waals surface area contributed by atoms with E-state index in [1.165, 1.54) is 0 Å². The molecule has 1 saturated carbocycles. The summed E-state index contributed by atoms with van der Waals surface area (Å²) >= 11 is 0. The van der Waals surface area contributed by atoms with Crippen LogP contribution in [0.1, 0.15) is 65.8 Å². The zero-order valence-corrected chi connectivity index (χ0v) is 19.1. The van der Waals surface area contributed by atoms with Crippen molar-refractivity contribution in [3.05, 3.63) is 70.9 Å². The maximum atomic E-state index is 13.6. The molecule has 174 valence electrons. The van der Waals surface area contributed by atoms with Gasteiger partial charge in [0, 0.05) is 34.6 Å². The molecule has 1 aromatic heterocycles. The molecule has 2 unspecified atom stereocenters. The smallest absolute Gasteiger partial charge is 0.255 e. The van der Waals surface area contributed by atoms with Crippen LogP contribution in [-0.4, -0.2) is 45.7 Å². The van der Waals surface area contributed by atoms with E-state index < -0.39 is 12.1 Å². The summed E-state index contributed by atoms with van der Waals surface area (Å²) in [7, 11) is 0. The van der Waals surface area contributed by atoms with Gasteiger partial charge in [0.25, 0.3) is 5.91 Å². The van der Waals surface area contributed by atoms with Crippen molar-refractivity contribution < 1.29 is 14.4 Å². The van der Waals surface area contributed by atoms with Crippen molar-refractivity contribution in [2.75, 3.05) is 0 Å². The molecule has 2 aromatic carbocycles. The standard InChI is InChI=1S/C27H28N4O3/c1-15(25(32)29-16-8-2-3-9-16)28-26(33)22-14-20-17-10-6-7-13-21(17)30-23(20)24-18-11-4-5-12-19(18)27(34)31(22)24/h4-7,10-13,15-16,22,24,30H,2-3,8-9,14H2,1H3,(H,28,33)(H,29,32)/t15?,22-,24?/m0/s1. The molecule has 0 bridgehead atoms. The average Bonchev–Trinajstić information content (AvgIpc) is 3.56. The van der Waals surface area contributed by atoms with Crippen LogP contribution in [0.4, 0.5) is 0 Å². The number of H-pyrrole nitrogens is 1. The van der Waals surface area contributed by atoms with Crippen molar-refractivity contribution in [1.82, 2.24) is 20.5 Å². The number of nitrogens with zero attached hydrogens (tertiary/aromatic N) is 1. The molecule has 3 atom stereocenters. The van der Waals surface area contributed by atoms with Gasteiger partial charge in [0.05, 0.1) is 6.04 Å². The van der Waals surface area contributed by atoms with Crippen LogP contribution >= 0.6 is 0 Å². The minimum atomic E-state index is -0.696. The number of benzene rings is 2. The second kappa shape index (κ2) is 8.01. The fourth-order valence-corrected chi connectivity index (χ4v) is 5.91. The highest BCUT2D eigenvalue weighted by molar-refractivity contribution is 6.04. The summed E-state index contributed by atoms with van der Waals surface area (Å²) in [5.41, 5.74) is 4.56. The normalized spacial score (nSPS) is 22.3. The molecule has 6 rings (SSSR count). The number of carbonyl (C=O) groups excluding carboxylic acids is 3. The monoisotopic (exact) mass is 456 g/mol. The van der Waals surface area contributed by atoms with Crippen LogP contribution in [0.5, 0.6) is 0 Å². The fourth-order valence-electron chi connectivity index (χ4n) is 5.91. The van der Waals surface area contributed by atoms with E-state index in [0.717, 1.165) is 53.4 Å². The summed E-state index contributed by atoms with van der Waals surface area (Å²) in [6.45, 7) is 1.71. The minimum Gasteiger partial charge on any atom is -0.356 e. The molecule has 3 N–H and O–H groups in total. The number of rotatable bonds is 4. The highest BCUT2D eigenvalue weighted by atomic mass is 16.2. The molecule has 1 fully saturated rings. The van der Waals surface area contributed by atoms with Crippen LogP contribution in [0, 0.1) is 0 Å². The number of fused-ring (bicyclic) bond motifs is 7. The van der Waals surface area contributed by atoms with Crippen LogP contribution < -0.4 is 10.6 Å². The Kier molecular flexibility index (Phi) is 4.94. The van der Waals surface area contributed by atoms with Gasteiger partial charge in [0.1, 0.15) is 12.1 Å². The lowest BCUT2D eigenvalue weighted by Crippen LogP contribution is -2.56. The number of carbonyl (C=O) groups is 3. The largest absolute Gasteiger partial charge is 0.356 e.